The maximum absolute atomic E-state index is 13.3. The third-order valence-electron chi connectivity index (χ3n) is 5.26. The van der Waals surface area contributed by atoms with E-state index in [1.165, 1.54) is 0 Å². The molecule has 1 aromatic heterocycles. The fourth-order valence-electron chi connectivity index (χ4n) is 3.47. The molecule has 1 N–H and O–H groups in total. The normalized spacial score (nSPS) is 11.7. The fourth-order valence-corrected chi connectivity index (χ4v) is 3.59. The molecule has 0 saturated heterocycles. The second kappa shape index (κ2) is 9.67. The molecular weight excluding hydrogens is 440 g/mol. The van der Waals surface area contributed by atoms with Crippen molar-refractivity contribution >= 4 is 17.5 Å². The fraction of sp³-hybridized carbons (Fsp3) is 0.120. The van der Waals surface area contributed by atoms with Crippen molar-refractivity contribution in [1.29, 1.82) is 0 Å². The lowest BCUT2D eigenvalue weighted by atomic mass is 10.1. The summed E-state index contributed by atoms with van der Waals surface area (Å²) >= 11 is 5.98. The number of rotatable bonds is 6. The van der Waals surface area contributed by atoms with Gasteiger partial charge in [0.05, 0.1) is 11.7 Å². The summed E-state index contributed by atoms with van der Waals surface area (Å²) in [6.07, 6.45) is 0. The molecule has 0 aliphatic rings. The monoisotopic (exact) mass is 460 g/mol. The van der Waals surface area contributed by atoms with Gasteiger partial charge < -0.3 is 5.32 Å². The van der Waals surface area contributed by atoms with E-state index in [2.05, 4.69) is 10.4 Å². The summed E-state index contributed by atoms with van der Waals surface area (Å²) in [5.74, 6) is -0.666. The Morgan fingerprint density at radius 3 is 2.18 bits per heavy atom. The minimum Gasteiger partial charge on any atom is -0.346 e. The van der Waals surface area contributed by atoms with Crippen molar-refractivity contribution in [1.82, 2.24) is 19.7 Å². The molecule has 0 bridgehead atoms. The molecule has 33 heavy (non-hydrogen) atoms. The predicted octanol–water partition coefficient (Wildman–Crippen LogP) is 3.59. The van der Waals surface area contributed by atoms with Gasteiger partial charge in [0.1, 0.15) is 0 Å². The Bertz CT molecular complexity index is 1380. The van der Waals surface area contributed by atoms with Crippen LogP contribution in [0.2, 0.25) is 5.02 Å². The first-order valence-corrected chi connectivity index (χ1v) is 10.7. The molecule has 1 heterocycles. The third-order valence-corrected chi connectivity index (χ3v) is 5.51. The van der Waals surface area contributed by atoms with Crippen LogP contribution in [0.3, 0.4) is 0 Å². The Kier molecular flexibility index (Phi) is 6.51. The van der Waals surface area contributed by atoms with Crippen LogP contribution in [0.25, 0.3) is 5.69 Å². The van der Waals surface area contributed by atoms with Crippen molar-refractivity contribution in [2.24, 2.45) is 0 Å². The van der Waals surface area contributed by atoms with E-state index in [0.29, 0.717) is 10.7 Å². The van der Waals surface area contributed by atoms with E-state index < -0.39 is 23.2 Å². The number of nitrogens with one attached hydrogen (secondary N) is 1. The molecule has 0 fully saturated rings. The molecule has 7 nitrogen and oxygen atoms in total. The Labute approximate surface area is 194 Å². The molecule has 0 aliphatic heterocycles. The summed E-state index contributed by atoms with van der Waals surface area (Å²) in [4.78, 5) is 39.6. The van der Waals surface area contributed by atoms with Crippen LogP contribution >= 0.6 is 11.6 Å². The quantitative estimate of drug-likeness (QED) is 0.476. The number of carbonyl (C=O) groups excluding carboxylic acids is 1. The molecule has 0 spiro atoms. The third kappa shape index (κ3) is 4.78. The second-order valence-corrected chi connectivity index (χ2v) is 7.89. The van der Waals surface area contributed by atoms with Crippen molar-refractivity contribution in [3.63, 3.8) is 0 Å². The standard InChI is InChI=1S/C25H21ClN4O3/c1-17(19-10-6-3-7-11-19)29-24(32)22(23(31)27-16-18-8-4-2-5-9-18)28-30(25(29)33)21-14-12-20(26)13-15-21/h2-15,17H,16H2,1H3,(H,27,31). The van der Waals surface area contributed by atoms with Gasteiger partial charge in [-0.15, -0.1) is 0 Å². The Morgan fingerprint density at radius 2 is 1.55 bits per heavy atom. The molecule has 0 aliphatic carbocycles. The van der Waals surface area contributed by atoms with Gasteiger partial charge >= 0.3 is 5.69 Å². The van der Waals surface area contributed by atoms with Crippen LogP contribution in [-0.4, -0.2) is 20.3 Å². The van der Waals surface area contributed by atoms with Gasteiger partial charge in [-0.2, -0.15) is 9.78 Å². The zero-order chi connectivity index (χ0) is 23.4. The average Bonchev–Trinajstić information content (AvgIpc) is 2.84. The summed E-state index contributed by atoms with van der Waals surface area (Å²) in [6, 6.07) is 24.2. The Hall–Kier alpha value is -3.97. The molecule has 1 unspecified atom stereocenters. The first-order valence-electron chi connectivity index (χ1n) is 10.3. The van der Waals surface area contributed by atoms with E-state index in [9.17, 15) is 14.4 Å². The Morgan fingerprint density at radius 1 is 0.939 bits per heavy atom. The summed E-state index contributed by atoms with van der Waals surface area (Å²) < 4.78 is 2.10. The largest absolute Gasteiger partial charge is 0.352 e. The molecule has 0 radical (unpaired) electrons. The zero-order valence-electron chi connectivity index (χ0n) is 17.8. The van der Waals surface area contributed by atoms with Gasteiger partial charge in [0.25, 0.3) is 11.5 Å². The van der Waals surface area contributed by atoms with E-state index >= 15 is 0 Å². The molecule has 4 aromatic rings. The summed E-state index contributed by atoms with van der Waals surface area (Å²) in [5.41, 5.74) is 0.222. The number of carbonyl (C=O) groups is 1. The first kappa shape index (κ1) is 22.2. The van der Waals surface area contributed by atoms with Crippen LogP contribution in [0.4, 0.5) is 0 Å². The second-order valence-electron chi connectivity index (χ2n) is 7.45. The number of hydrogen-bond donors (Lipinski definition) is 1. The van der Waals surface area contributed by atoms with Crippen LogP contribution < -0.4 is 16.6 Å². The van der Waals surface area contributed by atoms with Crippen molar-refractivity contribution < 1.29 is 4.79 Å². The lowest BCUT2D eigenvalue weighted by molar-refractivity contribution is 0.0941. The van der Waals surface area contributed by atoms with Gasteiger partial charge in [0, 0.05) is 11.6 Å². The van der Waals surface area contributed by atoms with Crippen molar-refractivity contribution in [2.45, 2.75) is 19.5 Å². The van der Waals surface area contributed by atoms with Gasteiger partial charge in [0.2, 0.25) is 5.69 Å². The molecule has 166 valence electrons. The summed E-state index contributed by atoms with van der Waals surface area (Å²) in [7, 11) is 0. The van der Waals surface area contributed by atoms with Gasteiger partial charge in [-0.25, -0.2) is 9.36 Å². The number of amides is 1. The molecule has 8 heteroatoms. The van der Waals surface area contributed by atoms with Crippen LogP contribution in [0.15, 0.2) is 94.5 Å². The highest BCUT2D eigenvalue weighted by molar-refractivity contribution is 6.30. The summed E-state index contributed by atoms with van der Waals surface area (Å²) in [6.45, 7) is 1.95. The Balaban J connectivity index is 1.82. The smallest absolute Gasteiger partial charge is 0.346 e. The number of aromatic nitrogens is 3. The van der Waals surface area contributed by atoms with E-state index in [0.717, 1.165) is 20.4 Å². The van der Waals surface area contributed by atoms with E-state index in [4.69, 9.17) is 11.6 Å². The summed E-state index contributed by atoms with van der Waals surface area (Å²) in [5, 5.41) is 7.34. The SMILES string of the molecule is CC(c1ccccc1)n1c(=O)c(C(=O)NCc2ccccc2)nn(-c2ccc(Cl)cc2)c1=O. The highest BCUT2D eigenvalue weighted by Gasteiger charge is 2.23. The molecular formula is C25H21ClN4O3. The number of hydrogen-bond acceptors (Lipinski definition) is 4. The minimum atomic E-state index is -0.757. The van der Waals surface area contributed by atoms with Gasteiger partial charge in [0.15, 0.2) is 0 Å². The highest BCUT2D eigenvalue weighted by atomic mass is 35.5. The maximum atomic E-state index is 13.3. The lowest BCUT2D eigenvalue weighted by Gasteiger charge is -2.17. The van der Waals surface area contributed by atoms with Crippen LogP contribution in [0.1, 0.15) is 34.6 Å². The van der Waals surface area contributed by atoms with E-state index in [-0.39, 0.29) is 12.2 Å². The first-order chi connectivity index (χ1) is 16.0. The van der Waals surface area contributed by atoms with Gasteiger partial charge in [-0.05, 0) is 42.3 Å². The van der Waals surface area contributed by atoms with Crippen LogP contribution in [0, 0.1) is 0 Å². The van der Waals surface area contributed by atoms with Gasteiger partial charge in [-0.1, -0.05) is 72.3 Å². The minimum absolute atomic E-state index is 0.217. The molecule has 1 atom stereocenters. The van der Waals surface area contributed by atoms with E-state index in [1.54, 1.807) is 31.2 Å². The van der Waals surface area contributed by atoms with Crippen molar-refractivity contribution in [3.8, 4) is 5.69 Å². The van der Waals surface area contributed by atoms with Crippen LogP contribution in [-0.2, 0) is 6.54 Å². The average molecular weight is 461 g/mol. The maximum Gasteiger partial charge on any atom is 0.352 e. The van der Waals surface area contributed by atoms with Crippen LogP contribution in [0.5, 0.6) is 0 Å². The molecule has 3 aromatic carbocycles. The molecule has 4 rings (SSSR count). The van der Waals surface area contributed by atoms with Crippen molar-refractivity contribution in [2.75, 3.05) is 0 Å². The topological polar surface area (TPSA) is 86.0 Å². The number of nitrogens with zero attached hydrogens (tertiary/aromatic N) is 3. The molecule has 1 amide bonds. The number of halogens is 1. The zero-order valence-corrected chi connectivity index (χ0v) is 18.6. The van der Waals surface area contributed by atoms with E-state index in [1.807, 2.05) is 60.7 Å². The predicted molar refractivity (Wildman–Crippen MR) is 127 cm³/mol. The number of benzene rings is 3. The molecule has 0 saturated carbocycles. The van der Waals surface area contributed by atoms with Crippen molar-refractivity contribution in [3.05, 3.63) is 128 Å². The van der Waals surface area contributed by atoms with Gasteiger partial charge in [-0.3, -0.25) is 9.59 Å². The highest BCUT2D eigenvalue weighted by Crippen LogP contribution is 2.15. The lowest BCUT2D eigenvalue weighted by Crippen LogP contribution is -2.47.